The minimum absolute atomic E-state index is 0.103. The lowest BCUT2D eigenvalue weighted by atomic mass is 10.1. The standard InChI is InChI=1S/C15H17ClN6O2/c1-8-12(24-3)10(6-23-2)9(4-18-8)5-22-7-19-11-13(16)20-15(17)21-14(11)22/h4,7H,5-6H2,1-3H3,(H2,17,20,21). The zero-order valence-corrected chi connectivity index (χ0v) is 14.3. The highest BCUT2D eigenvalue weighted by molar-refractivity contribution is 6.33. The van der Waals surface area contributed by atoms with E-state index in [2.05, 4.69) is 19.9 Å². The van der Waals surface area contributed by atoms with E-state index in [-0.39, 0.29) is 11.1 Å². The minimum atomic E-state index is 0.103. The molecule has 24 heavy (non-hydrogen) atoms. The fourth-order valence-electron chi connectivity index (χ4n) is 2.61. The van der Waals surface area contributed by atoms with Crippen molar-refractivity contribution in [1.82, 2.24) is 24.5 Å². The number of ether oxygens (including phenoxy) is 2. The first-order chi connectivity index (χ1) is 11.5. The van der Waals surface area contributed by atoms with Crippen LogP contribution in [0.5, 0.6) is 5.75 Å². The number of aryl methyl sites for hydroxylation is 1. The van der Waals surface area contributed by atoms with Crippen LogP contribution in [-0.2, 0) is 17.9 Å². The molecule has 3 heterocycles. The van der Waals surface area contributed by atoms with Gasteiger partial charge in [-0.15, -0.1) is 0 Å². The summed E-state index contributed by atoms with van der Waals surface area (Å²) in [5.41, 5.74) is 9.43. The Morgan fingerprint density at radius 1 is 1.25 bits per heavy atom. The molecule has 0 unspecified atom stereocenters. The second-order valence-corrected chi connectivity index (χ2v) is 5.59. The van der Waals surface area contributed by atoms with Crippen molar-refractivity contribution in [2.75, 3.05) is 20.0 Å². The Hall–Kier alpha value is -2.45. The maximum Gasteiger partial charge on any atom is 0.223 e. The van der Waals surface area contributed by atoms with Crippen molar-refractivity contribution in [1.29, 1.82) is 0 Å². The van der Waals surface area contributed by atoms with Gasteiger partial charge in [0.05, 0.1) is 32.3 Å². The average Bonchev–Trinajstić information content (AvgIpc) is 2.93. The van der Waals surface area contributed by atoms with Crippen molar-refractivity contribution >= 4 is 28.7 Å². The molecular weight excluding hydrogens is 332 g/mol. The molecule has 0 bridgehead atoms. The number of anilines is 1. The van der Waals surface area contributed by atoms with E-state index in [1.54, 1.807) is 26.7 Å². The van der Waals surface area contributed by atoms with E-state index in [0.29, 0.717) is 30.1 Å². The first kappa shape index (κ1) is 16.4. The molecule has 0 atom stereocenters. The summed E-state index contributed by atoms with van der Waals surface area (Å²) < 4.78 is 12.6. The molecular formula is C15H17ClN6O2. The molecule has 0 aromatic carbocycles. The number of halogens is 1. The molecule has 0 saturated heterocycles. The maximum atomic E-state index is 6.07. The Bertz CT molecular complexity index is 895. The van der Waals surface area contributed by atoms with Gasteiger partial charge in [0.25, 0.3) is 0 Å². The molecule has 0 aliphatic rings. The second kappa shape index (κ2) is 6.58. The van der Waals surface area contributed by atoms with Gasteiger partial charge in [-0.2, -0.15) is 9.97 Å². The monoisotopic (exact) mass is 348 g/mol. The maximum absolute atomic E-state index is 6.07. The summed E-state index contributed by atoms with van der Waals surface area (Å²) in [4.78, 5) is 16.8. The Balaban J connectivity index is 2.09. The molecule has 8 nitrogen and oxygen atoms in total. The Morgan fingerprint density at radius 2 is 2.04 bits per heavy atom. The number of hydrogen-bond donors (Lipinski definition) is 1. The third-order valence-corrected chi connectivity index (χ3v) is 3.94. The first-order valence-corrected chi connectivity index (χ1v) is 7.57. The van der Waals surface area contributed by atoms with Gasteiger partial charge in [-0.3, -0.25) is 4.98 Å². The summed E-state index contributed by atoms with van der Waals surface area (Å²) in [7, 11) is 3.26. The molecule has 126 valence electrons. The lowest BCUT2D eigenvalue weighted by molar-refractivity contribution is 0.180. The van der Waals surface area contributed by atoms with Crippen LogP contribution in [0.3, 0.4) is 0 Å². The smallest absolute Gasteiger partial charge is 0.223 e. The van der Waals surface area contributed by atoms with Crippen LogP contribution in [0.15, 0.2) is 12.5 Å². The van der Waals surface area contributed by atoms with E-state index in [0.717, 1.165) is 16.8 Å². The quantitative estimate of drug-likeness (QED) is 0.703. The third kappa shape index (κ3) is 2.85. The van der Waals surface area contributed by atoms with Gasteiger partial charge < -0.3 is 19.8 Å². The summed E-state index contributed by atoms with van der Waals surface area (Å²) >= 11 is 6.07. The molecule has 0 fully saturated rings. The van der Waals surface area contributed by atoms with Crippen molar-refractivity contribution in [3.8, 4) is 5.75 Å². The summed E-state index contributed by atoms with van der Waals surface area (Å²) in [6.45, 7) is 2.78. The molecule has 3 aromatic heterocycles. The van der Waals surface area contributed by atoms with Gasteiger partial charge in [0.15, 0.2) is 10.8 Å². The molecule has 0 aliphatic heterocycles. The Kier molecular flexibility index (Phi) is 4.50. The van der Waals surface area contributed by atoms with Crippen LogP contribution in [0.2, 0.25) is 5.15 Å². The second-order valence-electron chi connectivity index (χ2n) is 5.23. The van der Waals surface area contributed by atoms with Crippen molar-refractivity contribution in [2.24, 2.45) is 0 Å². The topological polar surface area (TPSA) is 101 Å². The largest absolute Gasteiger partial charge is 0.494 e. The predicted molar refractivity (Wildman–Crippen MR) is 90.1 cm³/mol. The van der Waals surface area contributed by atoms with Gasteiger partial charge in [0.1, 0.15) is 11.3 Å². The van der Waals surface area contributed by atoms with Crippen LogP contribution in [0.1, 0.15) is 16.8 Å². The number of pyridine rings is 1. The zero-order chi connectivity index (χ0) is 17.3. The number of nitrogens with zero attached hydrogens (tertiary/aromatic N) is 5. The molecule has 0 radical (unpaired) electrons. The molecule has 0 saturated carbocycles. The minimum Gasteiger partial charge on any atom is -0.494 e. The van der Waals surface area contributed by atoms with Gasteiger partial charge >= 0.3 is 0 Å². The van der Waals surface area contributed by atoms with Crippen molar-refractivity contribution in [3.05, 3.63) is 34.5 Å². The number of methoxy groups -OCH3 is 2. The van der Waals surface area contributed by atoms with Crippen LogP contribution >= 0.6 is 11.6 Å². The van der Waals surface area contributed by atoms with Gasteiger partial charge in [0, 0.05) is 18.9 Å². The molecule has 3 aromatic rings. The highest BCUT2D eigenvalue weighted by atomic mass is 35.5. The van der Waals surface area contributed by atoms with E-state index in [4.69, 9.17) is 26.8 Å². The van der Waals surface area contributed by atoms with Crippen molar-refractivity contribution in [2.45, 2.75) is 20.1 Å². The Labute approximate surface area is 143 Å². The molecule has 9 heteroatoms. The van der Waals surface area contributed by atoms with E-state index in [1.165, 1.54) is 0 Å². The lowest BCUT2D eigenvalue weighted by Crippen LogP contribution is -2.08. The van der Waals surface area contributed by atoms with Crippen LogP contribution < -0.4 is 10.5 Å². The number of nitrogen functional groups attached to an aromatic ring is 1. The highest BCUT2D eigenvalue weighted by Gasteiger charge is 2.16. The normalized spacial score (nSPS) is 11.2. The number of nitrogens with two attached hydrogens (primary N) is 1. The molecule has 0 spiro atoms. The van der Waals surface area contributed by atoms with Gasteiger partial charge in [-0.1, -0.05) is 11.6 Å². The third-order valence-electron chi connectivity index (χ3n) is 3.68. The molecule has 2 N–H and O–H groups in total. The first-order valence-electron chi connectivity index (χ1n) is 7.19. The van der Waals surface area contributed by atoms with Gasteiger partial charge in [-0.25, -0.2) is 4.98 Å². The van der Waals surface area contributed by atoms with E-state index in [1.807, 2.05) is 11.5 Å². The number of hydrogen-bond acceptors (Lipinski definition) is 7. The summed E-state index contributed by atoms with van der Waals surface area (Å²) in [5.74, 6) is 0.817. The summed E-state index contributed by atoms with van der Waals surface area (Å²) in [5, 5.41) is 0.230. The molecule has 0 amide bonds. The molecule has 0 aliphatic carbocycles. The zero-order valence-electron chi connectivity index (χ0n) is 13.6. The predicted octanol–water partition coefficient (Wildman–Crippen LogP) is 1.97. The Morgan fingerprint density at radius 3 is 2.75 bits per heavy atom. The van der Waals surface area contributed by atoms with Gasteiger partial charge in [-0.05, 0) is 12.5 Å². The van der Waals surface area contributed by atoms with E-state index >= 15 is 0 Å². The number of fused-ring (bicyclic) bond motifs is 1. The van der Waals surface area contributed by atoms with Crippen LogP contribution in [0.25, 0.3) is 11.2 Å². The molecule has 3 rings (SSSR count). The average molecular weight is 349 g/mol. The van der Waals surface area contributed by atoms with Crippen LogP contribution in [-0.4, -0.2) is 38.7 Å². The van der Waals surface area contributed by atoms with Crippen LogP contribution in [0.4, 0.5) is 5.95 Å². The summed E-state index contributed by atoms with van der Waals surface area (Å²) in [6, 6.07) is 0. The van der Waals surface area contributed by atoms with Crippen LogP contribution in [0, 0.1) is 6.92 Å². The number of imidazole rings is 1. The van der Waals surface area contributed by atoms with Crippen molar-refractivity contribution < 1.29 is 9.47 Å². The van der Waals surface area contributed by atoms with Crippen molar-refractivity contribution in [3.63, 3.8) is 0 Å². The number of aromatic nitrogens is 5. The fraction of sp³-hybridized carbons (Fsp3) is 0.333. The lowest BCUT2D eigenvalue weighted by Gasteiger charge is -2.15. The SMILES string of the molecule is COCc1c(Cn2cnc3c(Cl)nc(N)nc32)cnc(C)c1OC. The highest BCUT2D eigenvalue weighted by Crippen LogP contribution is 2.27. The fourth-order valence-corrected chi connectivity index (χ4v) is 2.83. The summed E-state index contributed by atoms with van der Waals surface area (Å²) in [6.07, 6.45) is 3.44. The van der Waals surface area contributed by atoms with E-state index in [9.17, 15) is 0 Å². The van der Waals surface area contributed by atoms with E-state index < -0.39 is 0 Å². The number of rotatable bonds is 5. The van der Waals surface area contributed by atoms with Gasteiger partial charge in [0.2, 0.25) is 5.95 Å².